The second-order valence-corrected chi connectivity index (χ2v) is 4.63. The van der Waals surface area contributed by atoms with Gasteiger partial charge >= 0.3 is 0 Å². The Bertz CT molecular complexity index is 506. The fraction of sp³-hybridized carbons (Fsp3) is 0.500. The van der Waals surface area contributed by atoms with Crippen molar-refractivity contribution in [1.29, 1.82) is 0 Å². The Morgan fingerprint density at radius 1 is 1.47 bits per heavy atom. The zero-order chi connectivity index (χ0) is 11.7. The topological polar surface area (TPSA) is 70.8 Å². The molecule has 1 atom stereocenters. The molecule has 3 N–H and O–H groups in total. The first kappa shape index (κ1) is 10.5. The molecule has 1 aliphatic heterocycles. The van der Waals surface area contributed by atoms with Gasteiger partial charge < -0.3 is 15.6 Å². The van der Waals surface area contributed by atoms with E-state index in [9.17, 15) is 0 Å². The van der Waals surface area contributed by atoms with E-state index in [1.54, 1.807) is 6.33 Å². The molecule has 0 radical (unpaired) electrons. The molecular weight excluding hydrogens is 214 g/mol. The lowest BCUT2D eigenvalue weighted by atomic mass is 9.98. The number of rotatable bonds is 2. The predicted octanol–water partition coefficient (Wildman–Crippen LogP) is 1.13. The van der Waals surface area contributed by atoms with Gasteiger partial charge in [-0.1, -0.05) is 0 Å². The van der Waals surface area contributed by atoms with Gasteiger partial charge in [0.05, 0.1) is 5.39 Å². The summed E-state index contributed by atoms with van der Waals surface area (Å²) in [7, 11) is 0. The monoisotopic (exact) mass is 231 g/mol. The van der Waals surface area contributed by atoms with Gasteiger partial charge in [0.25, 0.3) is 0 Å². The van der Waals surface area contributed by atoms with Crippen molar-refractivity contribution in [2.24, 2.45) is 11.7 Å². The second-order valence-electron chi connectivity index (χ2n) is 4.63. The molecule has 3 heterocycles. The number of piperidine rings is 1. The van der Waals surface area contributed by atoms with Crippen LogP contribution >= 0.6 is 0 Å². The first-order valence-corrected chi connectivity index (χ1v) is 6.11. The summed E-state index contributed by atoms with van der Waals surface area (Å²) in [4.78, 5) is 14.1. The number of hydrogen-bond acceptors (Lipinski definition) is 4. The molecular formula is C12H17N5. The van der Waals surface area contributed by atoms with Gasteiger partial charge in [0.2, 0.25) is 0 Å². The molecule has 3 rings (SSSR count). The van der Waals surface area contributed by atoms with Crippen molar-refractivity contribution >= 4 is 16.9 Å². The van der Waals surface area contributed by atoms with Crippen molar-refractivity contribution in [3.63, 3.8) is 0 Å². The van der Waals surface area contributed by atoms with Crippen LogP contribution in [0.5, 0.6) is 0 Å². The Morgan fingerprint density at radius 3 is 3.29 bits per heavy atom. The minimum atomic E-state index is 0.590. The number of nitrogens with one attached hydrogen (secondary N) is 1. The maximum Gasteiger partial charge on any atom is 0.142 e. The number of hydrogen-bond donors (Lipinski definition) is 2. The minimum Gasteiger partial charge on any atom is -0.356 e. The van der Waals surface area contributed by atoms with Crippen LogP contribution in [0.15, 0.2) is 18.6 Å². The van der Waals surface area contributed by atoms with E-state index in [0.717, 1.165) is 36.5 Å². The maximum atomic E-state index is 5.77. The first-order chi connectivity index (χ1) is 8.38. The number of H-pyrrole nitrogens is 1. The normalized spacial score (nSPS) is 21.0. The highest BCUT2D eigenvalue weighted by Gasteiger charge is 2.21. The molecule has 0 unspecified atom stereocenters. The minimum absolute atomic E-state index is 0.590. The molecule has 17 heavy (non-hydrogen) atoms. The van der Waals surface area contributed by atoms with E-state index in [1.807, 2.05) is 12.3 Å². The molecule has 0 spiro atoms. The molecule has 90 valence electrons. The lowest BCUT2D eigenvalue weighted by Crippen LogP contribution is -2.38. The van der Waals surface area contributed by atoms with Crippen molar-refractivity contribution < 1.29 is 0 Å². The van der Waals surface area contributed by atoms with Crippen LogP contribution in [0.3, 0.4) is 0 Å². The van der Waals surface area contributed by atoms with Crippen molar-refractivity contribution in [3.8, 4) is 0 Å². The number of anilines is 1. The molecule has 0 bridgehead atoms. The van der Waals surface area contributed by atoms with Crippen LogP contribution in [0.1, 0.15) is 12.8 Å². The van der Waals surface area contributed by atoms with E-state index in [4.69, 9.17) is 5.73 Å². The summed E-state index contributed by atoms with van der Waals surface area (Å²) >= 11 is 0. The fourth-order valence-electron chi connectivity index (χ4n) is 2.56. The van der Waals surface area contributed by atoms with Crippen LogP contribution in [0.4, 0.5) is 5.82 Å². The number of aromatic nitrogens is 3. The quantitative estimate of drug-likeness (QED) is 0.813. The van der Waals surface area contributed by atoms with Crippen molar-refractivity contribution in [2.45, 2.75) is 12.8 Å². The van der Waals surface area contributed by atoms with Crippen molar-refractivity contribution in [2.75, 3.05) is 24.5 Å². The lowest BCUT2D eigenvalue weighted by Gasteiger charge is -2.33. The van der Waals surface area contributed by atoms with Crippen molar-refractivity contribution in [1.82, 2.24) is 15.0 Å². The lowest BCUT2D eigenvalue weighted by molar-refractivity contribution is 0.422. The molecule has 0 aliphatic carbocycles. The Kier molecular flexibility index (Phi) is 2.68. The smallest absolute Gasteiger partial charge is 0.142 e. The van der Waals surface area contributed by atoms with E-state index >= 15 is 0 Å². The van der Waals surface area contributed by atoms with Gasteiger partial charge in [-0.25, -0.2) is 9.97 Å². The molecule has 5 heteroatoms. The van der Waals surface area contributed by atoms with Crippen LogP contribution in [0.25, 0.3) is 11.0 Å². The number of fused-ring (bicyclic) bond motifs is 1. The molecule has 0 aromatic carbocycles. The third kappa shape index (κ3) is 1.86. The standard InChI is InChI=1S/C12H17N5/c13-6-9-2-1-5-17(7-9)12-10-3-4-14-11(10)15-8-16-12/h3-4,8-9H,1-2,5-7,13H2,(H,14,15,16)/t9-/m1/s1. The average Bonchev–Trinajstić information content (AvgIpc) is 2.87. The Labute approximate surface area is 100 Å². The van der Waals surface area contributed by atoms with Crippen LogP contribution in [-0.4, -0.2) is 34.6 Å². The highest BCUT2D eigenvalue weighted by atomic mass is 15.2. The SMILES string of the molecule is NC[C@H]1CCCN(c2ncnc3[nH]ccc23)C1. The van der Waals surface area contributed by atoms with E-state index in [1.165, 1.54) is 12.8 Å². The fourth-order valence-corrected chi connectivity index (χ4v) is 2.56. The summed E-state index contributed by atoms with van der Waals surface area (Å²) in [6.07, 6.45) is 5.96. The predicted molar refractivity (Wildman–Crippen MR) is 67.9 cm³/mol. The van der Waals surface area contributed by atoms with Crippen LogP contribution in [0.2, 0.25) is 0 Å². The number of nitrogens with zero attached hydrogens (tertiary/aromatic N) is 3. The van der Waals surface area contributed by atoms with Gasteiger partial charge in [-0.3, -0.25) is 0 Å². The van der Waals surface area contributed by atoms with Crippen LogP contribution in [0, 0.1) is 5.92 Å². The maximum absolute atomic E-state index is 5.77. The van der Waals surface area contributed by atoms with Gasteiger partial charge in [-0.05, 0) is 31.4 Å². The third-order valence-corrected chi connectivity index (χ3v) is 3.48. The second kappa shape index (κ2) is 4.33. The largest absolute Gasteiger partial charge is 0.356 e. The Morgan fingerprint density at radius 2 is 2.41 bits per heavy atom. The number of aromatic amines is 1. The van der Waals surface area contributed by atoms with Crippen LogP contribution in [-0.2, 0) is 0 Å². The summed E-state index contributed by atoms with van der Waals surface area (Å²) in [5.41, 5.74) is 6.68. The summed E-state index contributed by atoms with van der Waals surface area (Å²) in [6.45, 7) is 2.83. The molecule has 1 saturated heterocycles. The Hall–Kier alpha value is -1.62. The van der Waals surface area contributed by atoms with Gasteiger partial charge in [-0.2, -0.15) is 0 Å². The highest BCUT2D eigenvalue weighted by molar-refractivity contribution is 5.87. The van der Waals surface area contributed by atoms with E-state index in [-0.39, 0.29) is 0 Å². The molecule has 1 aliphatic rings. The van der Waals surface area contributed by atoms with E-state index in [2.05, 4.69) is 19.9 Å². The summed E-state index contributed by atoms with van der Waals surface area (Å²) in [5, 5.41) is 1.10. The summed E-state index contributed by atoms with van der Waals surface area (Å²) in [5.74, 6) is 1.63. The van der Waals surface area contributed by atoms with E-state index < -0.39 is 0 Å². The first-order valence-electron chi connectivity index (χ1n) is 6.11. The molecule has 2 aromatic heterocycles. The molecule has 2 aromatic rings. The summed E-state index contributed by atoms with van der Waals surface area (Å²) in [6, 6.07) is 2.04. The summed E-state index contributed by atoms with van der Waals surface area (Å²) < 4.78 is 0. The number of nitrogens with two attached hydrogens (primary N) is 1. The zero-order valence-electron chi connectivity index (χ0n) is 9.76. The molecule has 0 saturated carbocycles. The van der Waals surface area contributed by atoms with E-state index in [0.29, 0.717) is 5.92 Å². The highest BCUT2D eigenvalue weighted by Crippen LogP contribution is 2.26. The Balaban J connectivity index is 1.94. The van der Waals surface area contributed by atoms with Gasteiger partial charge in [0.15, 0.2) is 0 Å². The average molecular weight is 231 g/mol. The van der Waals surface area contributed by atoms with Gasteiger partial charge in [0, 0.05) is 19.3 Å². The van der Waals surface area contributed by atoms with Crippen molar-refractivity contribution in [3.05, 3.63) is 18.6 Å². The molecule has 5 nitrogen and oxygen atoms in total. The molecule has 0 amide bonds. The van der Waals surface area contributed by atoms with Gasteiger partial charge in [-0.15, -0.1) is 0 Å². The van der Waals surface area contributed by atoms with Crippen LogP contribution < -0.4 is 10.6 Å². The molecule has 1 fully saturated rings. The third-order valence-electron chi connectivity index (χ3n) is 3.48. The van der Waals surface area contributed by atoms with Gasteiger partial charge in [0.1, 0.15) is 17.8 Å². The zero-order valence-corrected chi connectivity index (χ0v) is 9.76.